The van der Waals surface area contributed by atoms with E-state index in [9.17, 15) is 9.59 Å². The minimum absolute atomic E-state index is 0.217. The number of rotatable bonds is 6. The maximum atomic E-state index is 11.7. The van der Waals surface area contributed by atoms with E-state index in [1.807, 2.05) is 25.1 Å². The van der Waals surface area contributed by atoms with E-state index in [0.717, 1.165) is 5.56 Å². The fourth-order valence-electron chi connectivity index (χ4n) is 1.82. The predicted octanol–water partition coefficient (Wildman–Crippen LogP) is 3.40. The molecule has 0 aliphatic heterocycles. The Hall–Kier alpha value is -2.62. The molecule has 0 saturated carbocycles. The van der Waals surface area contributed by atoms with Crippen LogP contribution in [0.4, 0.5) is 0 Å². The van der Waals surface area contributed by atoms with Crippen molar-refractivity contribution < 1.29 is 19.1 Å². The molecule has 22 heavy (non-hydrogen) atoms. The van der Waals surface area contributed by atoms with Gasteiger partial charge in [0, 0.05) is 6.42 Å². The lowest BCUT2D eigenvalue weighted by Crippen LogP contribution is -2.11. The number of aryl methyl sites for hydroxylation is 1. The van der Waals surface area contributed by atoms with E-state index in [-0.39, 0.29) is 25.2 Å². The number of esters is 2. The molecule has 0 spiro atoms. The highest BCUT2D eigenvalue weighted by atomic mass is 16.5. The van der Waals surface area contributed by atoms with E-state index < -0.39 is 0 Å². The quantitative estimate of drug-likeness (QED) is 0.606. The number of carbonyl (C=O) groups is 2. The minimum atomic E-state index is -0.370. The van der Waals surface area contributed by atoms with Crippen LogP contribution in [0.3, 0.4) is 0 Å². The van der Waals surface area contributed by atoms with Crippen molar-refractivity contribution in [3.05, 3.63) is 71.3 Å². The molecule has 114 valence electrons. The van der Waals surface area contributed by atoms with Crippen molar-refractivity contribution in [3.8, 4) is 0 Å². The van der Waals surface area contributed by atoms with Crippen LogP contribution >= 0.6 is 0 Å². The summed E-state index contributed by atoms with van der Waals surface area (Å²) in [5.41, 5.74) is 2.12. The van der Waals surface area contributed by atoms with Gasteiger partial charge in [0.1, 0.15) is 0 Å². The lowest BCUT2D eigenvalue weighted by atomic mass is 10.1. The molecule has 0 bridgehead atoms. The molecule has 2 rings (SSSR count). The van der Waals surface area contributed by atoms with Crippen LogP contribution < -0.4 is 0 Å². The van der Waals surface area contributed by atoms with Gasteiger partial charge in [-0.15, -0.1) is 0 Å². The molecule has 0 atom stereocenters. The van der Waals surface area contributed by atoms with Crippen LogP contribution in [-0.2, 0) is 9.47 Å². The normalized spacial score (nSPS) is 10.0. The number of benzene rings is 2. The Morgan fingerprint density at radius 3 is 1.82 bits per heavy atom. The van der Waals surface area contributed by atoms with Gasteiger partial charge in [-0.3, -0.25) is 0 Å². The fourth-order valence-corrected chi connectivity index (χ4v) is 1.82. The average molecular weight is 298 g/mol. The van der Waals surface area contributed by atoms with Crippen LogP contribution in [0.25, 0.3) is 0 Å². The van der Waals surface area contributed by atoms with Crippen molar-refractivity contribution in [1.29, 1.82) is 0 Å². The SMILES string of the molecule is Cc1ccc(C(=O)OCCCOC(=O)c2ccccc2)cc1. The summed E-state index contributed by atoms with van der Waals surface area (Å²) in [7, 11) is 0. The molecule has 0 aromatic heterocycles. The van der Waals surface area contributed by atoms with Crippen molar-refractivity contribution in [2.24, 2.45) is 0 Å². The lowest BCUT2D eigenvalue weighted by Gasteiger charge is -2.06. The monoisotopic (exact) mass is 298 g/mol. The van der Waals surface area contributed by atoms with Crippen molar-refractivity contribution >= 4 is 11.9 Å². The zero-order chi connectivity index (χ0) is 15.8. The number of hydrogen-bond donors (Lipinski definition) is 0. The van der Waals surface area contributed by atoms with Gasteiger partial charge in [-0.25, -0.2) is 9.59 Å². The molecule has 0 saturated heterocycles. The van der Waals surface area contributed by atoms with Crippen molar-refractivity contribution in [2.45, 2.75) is 13.3 Å². The van der Waals surface area contributed by atoms with Gasteiger partial charge in [-0.2, -0.15) is 0 Å². The smallest absolute Gasteiger partial charge is 0.338 e. The third-order valence-electron chi connectivity index (χ3n) is 3.05. The Balaban J connectivity index is 1.66. The molecular weight excluding hydrogens is 280 g/mol. The Kier molecular flexibility index (Phi) is 5.72. The topological polar surface area (TPSA) is 52.6 Å². The van der Waals surface area contributed by atoms with Crippen LogP contribution in [0.2, 0.25) is 0 Å². The lowest BCUT2D eigenvalue weighted by molar-refractivity contribution is 0.0396. The summed E-state index contributed by atoms with van der Waals surface area (Å²) in [6.45, 7) is 2.39. The highest BCUT2D eigenvalue weighted by Gasteiger charge is 2.08. The summed E-state index contributed by atoms with van der Waals surface area (Å²) < 4.78 is 10.2. The molecule has 0 radical (unpaired) electrons. The van der Waals surface area contributed by atoms with E-state index >= 15 is 0 Å². The molecule has 0 aliphatic rings. The summed E-state index contributed by atoms with van der Waals surface area (Å²) in [5.74, 6) is -0.736. The van der Waals surface area contributed by atoms with E-state index in [0.29, 0.717) is 17.5 Å². The molecule has 0 fully saturated rings. The molecule has 0 aliphatic carbocycles. The van der Waals surface area contributed by atoms with Crippen LogP contribution in [0.5, 0.6) is 0 Å². The number of ether oxygens (including phenoxy) is 2. The minimum Gasteiger partial charge on any atom is -0.462 e. The molecule has 0 heterocycles. The Morgan fingerprint density at radius 1 is 0.773 bits per heavy atom. The summed E-state index contributed by atoms with van der Waals surface area (Å²) in [6, 6.07) is 16.0. The fraction of sp³-hybridized carbons (Fsp3) is 0.222. The summed E-state index contributed by atoms with van der Waals surface area (Å²) in [6.07, 6.45) is 0.468. The van der Waals surface area contributed by atoms with Gasteiger partial charge >= 0.3 is 11.9 Å². The maximum Gasteiger partial charge on any atom is 0.338 e. The maximum absolute atomic E-state index is 11.7. The first-order chi connectivity index (χ1) is 10.7. The van der Waals surface area contributed by atoms with Gasteiger partial charge in [-0.05, 0) is 31.2 Å². The standard InChI is InChI=1S/C18H18O4/c1-14-8-10-16(11-9-14)18(20)22-13-5-12-21-17(19)15-6-3-2-4-7-15/h2-4,6-11H,5,12-13H2,1H3. The molecule has 4 nitrogen and oxygen atoms in total. The van der Waals surface area contributed by atoms with Gasteiger partial charge in [0.05, 0.1) is 24.3 Å². The molecule has 4 heteroatoms. The zero-order valence-corrected chi connectivity index (χ0v) is 12.5. The van der Waals surface area contributed by atoms with Crippen LogP contribution in [0.1, 0.15) is 32.7 Å². The van der Waals surface area contributed by atoms with Crippen molar-refractivity contribution in [3.63, 3.8) is 0 Å². The molecule has 2 aromatic rings. The summed E-state index contributed by atoms with van der Waals surface area (Å²) in [5, 5.41) is 0. The zero-order valence-electron chi connectivity index (χ0n) is 12.5. The van der Waals surface area contributed by atoms with Gasteiger partial charge in [0.25, 0.3) is 0 Å². The Morgan fingerprint density at radius 2 is 1.27 bits per heavy atom. The Bertz CT molecular complexity index is 617. The largest absolute Gasteiger partial charge is 0.462 e. The third-order valence-corrected chi connectivity index (χ3v) is 3.05. The van der Waals surface area contributed by atoms with Gasteiger partial charge in [0.15, 0.2) is 0 Å². The van der Waals surface area contributed by atoms with E-state index in [1.165, 1.54) is 0 Å². The highest BCUT2D eigenvalue weighted by molar-refractivity contribution is 5.89. The summed E-state index contributed by atoms with van der Waals surface area (Å²) in [4.78, 5) is 23.4. The predicted molar refractivity (Wildman–Crippen MR) is 82.8 cm³/mol. The van der Waals surface area contributed by atoms with Crippen LogP contribution in [0, 0.1) is 6.92 Å². The highest BCUT2D eigenvalue weighted by Crippen LogP contribution is 2.05. The molecule has 0 unspecified atom stereocenters. The first kappa shape index (κ1) is 15.8. The number of hydrogen-bond acceptors (Lipinski definition) is 4. The molecule has 0 amide bonds. The first-order valence-corrected chi connectivity index (χ1v) is 7.13. The average Bonchev–Trinajstić information content (AvgIpc) is 2.55. The van der Waals surface area contributed by atoms with Crippen molar-refractivity contribution in [1.82, 2.24) is 0 Å². The molecule has 0 N–H and O–H groups in total. The third kappa shape index (κ3) is 4.74. The van der Waals surface area contributed by atoms with Gasteiger partial charge in [0.2, 0.25) is 0 Å². The second kappa shape index (κ2) is 7.98. The second-order valence-electron chi connectivity index (χ2n) is 4.86. The number of carbonyl (C=O) groups excluding carboxylic acids is 2. The van der Waals surface area contributed by atoms with Gasteiger partial charge < -0.3 is 9.47 Å². The van der Waals surface area contributed by atoms with Crippen LogP contribution in [0.15, 0.2) is 54.6 Å². The van der Waals surface area contributed by atoms with Gasteiger partial charge in [-0.1, -0.05) is 35.9 Å². The van der Waals surface area contributed by atoms with Crippen molar-refractivity contribution in [2.75, 3.05) is 13.2 Å². The van der Waals surface area contributed by atoms with E-state index in [1.54, 1.807) is 36.4 Å². The van der Waals surface area contributed by atoms with E-state index in [2.05, 4.69) is 0 Å². The Labute approximate surface area is 129 Å². The molecular formula is C18H18O4. The molecule has 2 aromatic carbocycles. The summed E-state index contributed by atoms with van der Waals surface area (Å²) >= 11 is 0. The van der Waals surface area contributed by atoms with Crippen LogP contribution in [-0.4, -0.2) is 25.2 Å². The first-order valence-electron chi connectivity index (χ1n) is 7.13. The van der Waals surface area contributed by atoms with E-state index in [4.69, 9.17) is 9.47 Å². The second-order valence-corrected chi connectivity index (χ2v) is 4.86.